The van der Waals surface area contributed by atoms with E-state index in [0.717, 1.165) is 24.8 Å². The fourth-order valence-corrected chi connectivity index (χ4v) is 9.57. The first-order valence-electron chi connectivity index (χ1n) is 21.8. The summed E-state index contributed by atoms with van der Waals surface area (Å²) in [5, 5.41) is 5.14. The number of nitrogens with zero attached hydrogens (tertiary/aromatic N) is 4. The van der Waals surface area contributed by atoms with Crippen LogP contribution >= 0.6 is 0 Å². The van der Waals surface area contributed by atoms with Crippen molar-refractivity contribution >= 4 is 41.4 Å². The van der Waals surface area contributed by atoms with Crippen molar-refractivity contribution in [3.05, 3.63) is 59.7 Å². The van der Waals surface area contributed by atoms with Crippen molar-refractivity contribution in [1.29, 1.82) is 0 Å². The maximum atomic E-state index is 14.6. The number of imide groups is 1. The van der Waals surface area contributed by atoms with Gasteiger partial charge in [-0.05, 0) is 80.5 Å². The number of rotatable bonds is 10. The molecule has 336 valence electrons. The summed E-state index contributed by atoms with van der Waals surface area (Å²) in [5.74, 6) is -0.328. The topological polar surface area (TPSA) is 176 Å². The summed E-state index contributed by atoms with van der Waals surface area (Å²) < 4.78 is 23.7. The SMILES string of the molecule is COc1ccc(C(=O)N2CCC3(CC(CO[C@H]4C[C@@H](C(=O)N5CCO[C@H](c6ccccc6)C5)N(C(=O)[C@@H](NC(=O)OC(C)(C)C)C(C)(C)C)C4)C3)C2)cc1N1CCC(=O)NC1=O. The van der Waals surface area contributed by atoms with E-state index in [0.29, 0.717) is 62.8 Å². The molecule has 5 aliphatic rings. The van der Waals surface area contributed by atoms with Crippen LogP contribution in [0.25, 0.3) is 0 Å². The number of likely N-dealkylation sites (tertiary alicyclic amines) is 2. The lowest BCUT2D eigenvalue weighted by molar-refractivity contribution is -0.150. The third kappa shape index (κ3) is 10.0. The molecule has 7 rings (SSSR count). The molecule has 16 nitrogen and oxygen atoms in total. The second-order valence-electron chi connectivity index (χ2n) is 19.6. The van der Waals surface area contributed by atoms with Crippen LogP contribution < -0.4 is 20.3 Å². The van der Waals surface area contributed by atoms with E-state index in [-0.39, 0.29) is 60.6 Å². The minimum absolute atomic E-state index is 0.0266. The van der Waals surface area contributed by atoms with Gasteiger partial charge < -0.3 is 39.0 Å². The number of ether oxygens (including phenoxy) is 4. The number of morpholine rings is 1. The van der Waals surface area contributed by atoms with Crippen molar-refractivity contribution in [1.82, 2.24) is 25.3 Å². The van der Waals surface area contributed by atoms with Gasteiger partial charge in [-0.15, -0.1) is 0 Å². The maximum Gasteiger partial charge on any atom is 0.408 e. The minimum Gasteiger partial charge on any atom is -0.495 e. The van der Waals surface area contributed by atoms with Crippen LogP contribution in [0.5, 0.6) is 5.75 Å². The number of methoxy groups -OCH3 is 1. The van der Waals surface area contributed by atoms with Crippen LogP contribution in [0.3, 0.4) is 0 Å². The van der Waals surface area contributed by atoms with Crippen molar-refractivity contribution in [2.75, 3.05) is 64.5 Å². The van der Waals surface area contributed by atoms with Crippen LogP contribution in [0.1, 0.15) is 95.7 Å². The Morgan fingerprint density at radius 1 is 0.952 bits per heavy atom. The fourth-order valence-electron chi connectivity index (χ4n) is 9.57. The standard InChI is InChI=1S/C46H62N6O10/c1-44(2,3)38(48-43(58)62-45(4,5)6)41(56)52-25-32(22-34(52)40(55)49-19-20-60-36(26-49)30-11-9-8-10-12-30)61-27-29-23-46(24-29)16-18-50(28-46)39(54)31-13-14-35(59-7)33(21-31)51-17-15-37(53)47-42(51)57/h8-14,21,29,32,34,36,38H,15-20,22-28H2,1-7H3,(H,48,58)(H,47,53,57)/t29?,32-,34-,36-,38+,46?/m0/s1. The molecule has 1 aliphatic carbocycles. The second kappa shape index (κ2) is 17.9. The largest absolute Gasteiger partial charge is 0.495 e. The lowest BCUT2D eigenvalue weighted by atomic mass is 9.62. The highest BCUT2D eigenvalue weighted by atomic mass is 16.6. The first-order chi connectivity index (χ1) is 29.3. The Morgan fingerprint density at radius 3 is 2.37 bits per heavy atom. The molecular formula is C46H62N6O10. The van der Waals surface area contributed by atoms with Gasteiger partial charge in [0.1, 0.15) is 29.5 Å². The third-order valence-corrected chi connectivity index (χ3v) is 12.7. The maximum absolute atomic E-state index is 14.6. The molecule has 4 saturated heterocycles. The van der Waals surface area contributed by atoms with Crippen LogP contribution in [0, 0.1) is 16.7 Å². The van der Waals surface area contributed by atoms with Crippen molar-refractivity contribution < 1.29 is 47.7 Å². The van der Waals surface area contributed by atoms with Crippen LogP contribution in [0.15, 0.2) is 48.5 Å². The van der Waals surface area contributed by atoms with Gasteiger partial charge >= 0.3 is 12.1 Å². The predicted molar refractivity (Wildman–Crippen MR) is 228 cm³/mol. The van der Waals surface area contributed by atoms with Gasteiger partial charge in [-0.25, -0.2) is 9.59 Å². The van der Waals surface area contributed by atoms with Crippen LogP contribution in [0.2, 0.25) is 0 Å². The highest BCUT2D eigenvalue weighted by Crippen LogP contribution is 2.52. The Bertz CT molecular complexity index is 2030. The van der Waals surface area contributed by atoms with E-state index in [1.54, 1.807) is 48.8 Å². The molecule has 2 N–H and O–H groups in total. The highest BCUT2D eigenvalue weighted by molar-refractivity contribution is 6.07. The van der Waals surface area contributed by atoms with Crippen molar-refractivity contribution in [3.8, 4) is 5.75 Å². The van der Waals surface area contributed by atoms with Crippen molar-refractivity contribution in [2.45, 2.75) is 104 Å². The Kier molecular flexibility index (Phi) is 12.9. The van der Waals surface area contributed by atoms with Gasteiger partial charge in [-0.3, -0.25) is 29.4 Å². The molecular weight excluding hydrogens is 797 g/mol. The molecule has 5 fully saturated rings. The number of hydrogen-bond donors (Lipinski definition) is 2. The highest BCUT2D eigenvalue weighted by Gasteiger charge is 2.51. The van der Waals surface area contributed by atoms with E-state index in [1.807, 2.05) is 56.0 Å². The normalized spacial score (nSPS) is 25.9. The first-order valence-corrected chi connectivity index (χ1v) is 21.8. The van der Waals surface area contributed by atoms with Crippen LogP contribution in [-0.2, 0) is 28.6 Å². The molecule has 62 heavy (non-hydrogen) atoms. The molecule has 4 atom stereocenters. The molecule has 4 heterocycles. The molecule has 4 aliphatic heterocycles. The molecule has 1 spiro atoms. The predicted octanol–water partition coefficient (Wildman–Crippen LogP) is 4.91. The lowest BCUT2D eigenvalue weighted by Crippen LogP contribution is -2.59. The van der Waals surface area contributed by atoms with Gasteiger partial charge in [0.15, 0.2) is 0 Å². The zero-order valence-corrected chi connectivity index (χ0v) is 37.1. The zero-order valence-electron chi connectivity index (χ0n) is 37.1. The minimum atomic E-state index is -0.966. The van der Waals surface area contributed by atoms with Crippen molar-refractivity contribution in [2.24, 2.45) is 16.7 Å². The molecule has 1 saturated carbocycles. The van der Waals surface area contributed by atoms with Gasteiger partial charge in [0.05, 0.1) is 32.1 Å². The molecule has 2 aromatic carbocycles. The number of alkyl carbamates (subject to hydrolysis) is 1. The van der Waals surface area contributed by atoms with Crippen molar-refractivity contribution in [3.63, 3.8) is 0 Å². The summed E-state index contributed by atoms with van der Waals surface area (Å²) in [6, 6.07) is 12.5. The Labute approximate surface area is 363 Å². The lowest BCUT2D eigenvalue weighted by Gasteiger charge is -2.45. The number of nitrogens with one attached hydrogen (secondary N) is 2. The zero-order chi connectivity index (χ0) is 44.6. The van der Waals surface area contributed by atoms with Crippen LogP contribution in [-0.4, -0.2) is 134 Å². The average Bonchev–Trinajstić information content (AvgIpc) is 3.86. The van der Waals surface area contributed by atoms with Gasteiger partial charge in [0.2, 0.25) is 17.7 Å². The number of benzene rings is 2. The Hall–Kier alpha value is -5.22. The quantitative estimate of drug-likeness (QED) is 0.334. The molecule has 16 heteroatoms. The third-order valence-electron chi connectivity index (χ3n) is 12.7. The first kappa shape index (κ1) is 44.8. The van der Waals surface area contributed by atoms with Gasteiger partial charge in [-0.2, -0.15) is 0 Å². The van der Waals surface area contributed by atoms with E-state index in [2.05, 4.69) is 10.6 Å². The number of carbonyl (C=O) groups excluding carboxylic acids is 6. The Balaban J connectivity index is 0.993. The summed E-state index contributed by atoms with van der Waals surface area (Å²) >= 11 is 0. The van der Waals surface area contributed by atoms with E-state index in [4.69, 9.17) is 18.9 Å². The van der Waals surface area contributed by atoms with Crippen LogP contribution in [0.4, 0.5) is 15.3 Å². The molecule has 0 bridgehead atoms. The number of anilines is 1. The summed E-state index contributed by atoms with van der Waals surface area (Å²) in [6.07, 6.45) is 1.70. The summed E-state index contributed by atoms with van der Waals surface area (Å²) in [5.41, 5.74) is 0.358. The molecule has 0 unspecified atom stereocenters. The molecule has 7 amide bonds. The van der Waals surface area contributed by atoms with E-state index >= 15 is 0 Å². The second-order valence-corrected chi connectivity index (χ2v) is 19.6. The number of hydrogen-bond acceptors (Lipinski definition) is 10. The summed E-state index contributed by atoms with van der Waals surface area (Å²) in [6.45, 7) is 14.1. The average molecular weight is 859 g/mol. The summed E-state index contributed by atoms with van der Waals surface area (Å²) in [7, 11) is 1.50. The van der Waals surface area contributed by atoms with E-state index in [9.17, 15) is 28.8 Å². The van der Waals surface area contributed by atoms with Gasteiger partial charge in [-0.1, -0.05) is 51.1 Å². The monoisotopic (exact) mass is 858 g/mol. The van der Waals surface area contributed by atoms with E-state index < -0.39 is 41.3 Å². The summed E-state index contributed by atoms with van der Waals surface area (Å²) in [4.78, 5) is 87.0. The van der Waals surface area contributed by atoms with E-state index in [1.165, 1.54) is 12.0 Å². The molecule has 0 aromatic heterocycles. The molecule has 0 radical (unpaired) electrons. The van der Waals surface area contributed by atoms with Gasteiger partial charge in [0, 0.05) is 57.7 Å². The Morgan fingerprint density at radius 2 is 1.69 bits per heavy atom. The smallest absolute Gasteiger partial charge is 0.408 e. The van der Waals surface area contributed by atoms with Gasteiger partial charge in [0.25, 0.3) is 5.91 Å². The molecule has 2 aromatic rings. The number of amides is 7. The number of carbonyl (C=O) groups is 6. The fraction of sp³-hybridized carbons (Fsp3) is 0.609. The number of urea groups is 1.